The minimum Gasteiger partial charge on any atom is -0.506 e. The van der Waals surface area contributed by atoms with Gasteiger partial charge >= 0.3 is 0 Å². The Labute approximate surface area is 137 Å². The maximum atomic E-state index is 12.9. The maximum absolute atomic E-state index is 12.9. The van der Waals surface area contributed by atoms with Gasteiger partial charge in [0, 0.05) is 13.6 Å². The highest BCUT2D eigenvalue weighted by Gasteiger charge is 2.18. The van der Waals surface area contributed by atoms with Crippen LogP contribution >= 0.6 is 15.9 Å². The largest absolute Gasteiger partial charge is 0.506 e. The fourth-order valence-electron chi connectivity index (χ4n) is 2.15. The van der Waals surface area contributed by atoms with E-state index in [4.69, 9.17) is 0 Å². The summed E-state index contributed by atoms with van der Waals surface area (Å²) in [5.74, 6) is -0.573. The van der Waals surface area contributed by atoms with Gasteiger partial charge in [0.1, 0.15) is 11.6 Å². The molecule has 5 heteroatoms. The molecule has 3 nitrogen and oxygen atoms in total. The molecule has 116 valence electrons. The van der Waals surface area contributed by atoms with E-state index in [9.17, 15) is 14.3 Å². The first kappa shape index (κ1) is 16.5. The SMILES string of the molecule is Cc1cc(Br)c(O)c(C(=O)N(C)CCc2ccc(F)cc2)c1. The molecule has 0 aliphatic rings. The van der Waals surface area contributed by atoms with E-state index in [1.807, 2.05) is 6.92 Å². The number of carbonyl (C=O) groups excluding carboxylic acids is 1. The monoisotopic (exact) mass is 365 g/mol. The molecular formula is C17H17BrFNO2. The van der Waals surface area contributed by atoms with Crippen LogP contribution in [0.4, 0.5) is 4.39 Å². The number of rotatable bonds is 4. The zero-order valence-electron chi connectivity index (χ0n) is 12.4. The summed E-state index contributed by atoms with van der Waals surface area (Å²) in [7, 11) is 1.68. The van der Waals surface area contributed by atoms with Crippen molar-refractivity contribution < 1.29 is 14.3 Å². The number of phenolic OH excluding ortho intramolecular Hbond substituents is 1. The Morgan fingerprint density at radius 2 is 1.91 bits per heavy atom. The summed E-state index contributed by atoms with van der Waals surface area (Å²) in [5.41, 5.74) is 2.11. The fraction of sp³-hybridized carbons (Fsp3) is 0.235. The predicted molar refractivity (Wildman–Crippen MR) is 87.6 cm³/mol. The van der Waals surface area contributed by atoms with Gasteiger partial charge in [-0.25, -0.2) is 4.39 Å². The van der Waals surface area contributed by atoms with Crippen molar-refractivity contribution in [2.45, 2.75) is 13.3 Å². The van der Waals surface area contributed by atoms with Crippen molar-refractivity contribution in [3.63, 3.8) is 0 Å². The van der Waals surface area contributed by atoms with E-state index in [1.165, 1.54) is 12.1 Å². The lowest BCUT2D eigenvalue weighted by Crippen LogP contribution is -2.29. The van der Waals surface area contributed by atoms with E-state index in [0.717, 1.165) is 11.1 Å². The molecule has 0 unspecified atom stereocenters. The van der Waals surface area contributed by atoms with E-state index >= 15 is 0 Å². The van der Waals surface area contributed by atoms with E-state index in [0.29, 0.717) is 17.4 Å². The number of aryl methyl sites for hydroxylation is 1. The maximum Gasteiger partial charge on any atom is 0.257 e. The number of phenols is 1. The van der Waals surface area contributed by atoms with Gasteiger partial charge in [-0.15, -0.1) is 0 Å². The normalized spacial score (nSPS) is 10.5. The minimum absolute atomic E-state index is 0.0516. The molecule has 0 aromatic heterocycles. The third-order valence-corrected chi connectivity index (χ3v) is 4.04. The number of aromatic hydroxyl groups is 1. The topological polar surface area (TPSA) is 40.5 Å². The highest BCUT2D eigenvalue weighted by atomic mass is 79.9. The predicted octanol–water partition coefficient (Wildman–Crippen LogP) is 3.92. The number of halogens is 2. The van der Waals surface area contributed by atoms with E-state index in [1.54, 1.807) is 36.2 Å². The van der Waals surface area contributed by atoms with Crippen LogP contribution in [0.15, 0.2) is 40.9 Å². The summed E-state index contributed by atoms with van der Waals surface area (Å²) in [4.78, 5) is 14.0. The van der Waals surface area contributed by atoms with Crippen LogP contribution in [0.1, 0.15) is 21.5 Å². The van der Waals surface area contributed by atoms with Gasteiger partial charge in [-0.3, -0.25) is 4.79 Å². The lowest BCUT2D eigenvalue weighted by Gasteiger charge is -2.18. The smallest absolute Gasteiger partial charge is 0.257 e. The molecular weight excluding hydrogens is 349 g/mol. The Kier molecular flexibility index (Phi) is 5.19. The van der Waals surface area contributed by atoms with Gasteiger partial charge in [0.2, 0.25) is 0 Å². The van der Waals surface area contributed by atoms with Crippen LogP contribution in [0.2, 0.25) is 0 Å². The van der Waals surface area contributed by atoms with Crippen molar-refractivity contribution in [3.8, 4) is 5.75 Å². The van der Waals surface area contributed by atoms with Gasteiger partial charge in [-0.1, -0.05) is 12.1 Å². The highest BCUT2D eigenvalue weighted by molar-refractivity contribution is 9.10. The molecule has 22 heavy (non-hydrogen) atoms. The summed E-state index contributed by atoms with van der Waals surface area (Å²) in [6.07, 6.45) is 0.621. The fourth-order valence-corrected chi connectivity index (χ4v) is 2.73. The van der Waals surface area contributed by atoms with Gasteiger partial charge in [0.15, 0.2) is 0 Å². The summed E-state index contributed by atoms with van der Waals surface area (Å²) in [6, 6.07) is 9.63. The second-order valence-electron chi connectivity index (χ2n) is 5.25. The van der Waals surface area contributed by atoms with Crippen LogP contribution in [-0.2, 0) is 6.42 Å². The summed E-state index contributed by atoms with van der Waals surface area (Å²) in [5, 5.41) is 10.0. The van der Waals surface area contributed by atoms with Crippen LogP contribution in [0.5, 0.6) is 5.75 Å². The first-order chi connectivity index (χ1) is 10.4. The lowest BCUT2D eigenvalue weighted by molar-refractivity contribution is 0.0793. The third kappa shape index (κ3) is 3.85. The van der Waals surface area contributed by atoms with Gasteiger partial charge < -0.3 is 10.0 Å². The second kappa shape index (κ2) is 6.92. The number of likely N-dealkylation sites (N-methyl/N-ethyl adjacent to an activating group) is 1. The zero-order chi connectivity index (χ0) is 16.3. The van der Waals surface area contributed by atoms with Crippen molar-refractivity contribution in [2.24, 2.45) is 0 Å². The van der Waals surface area contributed by atoms with Crippen molar-refractivity contribution in [3.05, 3.63) is 63.4 Å². The molecule has 0 aliphatic carbocycles. The molecule has 0 atom stereocenters. The molecule has 0 spiro atoms. The average molecular weight is 366 g/mol. The summed E-state index contributed by atoms with van der Waals surface area (Å²) < 4.78 is 13.4. The molecule has 1 amide bonds. The molecule has 2 rings (SSSR count). The molecule has 0 aliphatic heterocycles. The quantitative estimate of drug-likeness (QED) is 0.891. The Bertz CT molecular complexity index is 686. The number of carbonyl (C=O) groups is 1. The van der Waals surface area contributed by atoms with Crippen LogP contribution in [0, 0.1) is 12.7 Å². The van der Waals surface area contributed by atoms with E-state index < -0.39 is 0 Å². The van der Waals surface area contributed by atoms with E-state index in [2.05, 4.69) is 15.9 Å². The highest BCUT2D eigenvalue weighted by Crippen LogP contribution is 2.30. The van der Waals surface area contributed by atoms with Gasteiger partial charge in [-0.05, 0) is 64.7 Å². The third-order valence-electron chi connectivity index (χ3n) is 3.43. The van der Waals surface area contributed by atoms with Gasteiger partial charge in [0.05, 0.1) is 10.0 Å². The number of hydrogen-bond donors (Lipinski definition) is 1. The molecule has 0 heterocycles. The summed E-state index contributed by atoms with van der Waals surface area (Å²) >= 11 is 3.24. The number of benzene rings is 2. The van der Waals surface area contributed by atoms with Gasteiger partial charge in [-0.2, -0.15) is 0 Å². The minimum atomic E-state index is -0.275. The van der Waals surface area contributed by atoms with Crippen LogP contribution in [0.3, 0.4) is 0 Å². The van der Waals surface area contributed by atoms with Crippen LogP contribution in [-0.4, -0.2) is 29.5 Å². The average Bonchev–Trinajstić information content (AvgIpc) is 2.49. The van der Waals surface area contributed by atoms with E-state index in [-0.39, 0.29) is 23.0 Å². The van der Waals surface area contributed by atoms with Crippen molar-refractivity contribution in [1.82, 2.24) is 4.90 Å². The molecule has 0 radical (unpaired) electrons. The molecule has 0 fully saturated rings. The Balaban J connectivity index is 2.08. The second-order valence-corrected chi connectivity index (χ2v) is 6.10. The van der Waals surface area contributed by atoms with Gasteiger partial charge in [0.25, 0.3) is 5.91 Å². The molecule has 2 aromatic carbocycles. The first-order valence-electron chi connectivity index (χ1n) is 6.87. The summed E-state index contributed by atoms with van der Waals surface area (Å²) in [6.45, 7) is 2.34. The number of amides is 1. The Morgan fingerprint density at radius 3 is 2.55 bits per heavy atom. The Hall–Kier alpha value is -1.88. The molecule has 0 saturated carbocycles. The van der Waals surface area contributed by atoms with Crippen LogP contribution < -0.4 is 0 Å². The zero-order valence-corrected chi connectivity index (χ0v) is 14.0. The van der Waals surface area contributed by atoms with Crippen LogP contribution in [0.25, 0.3) is 0 Å². The van der Waals surface area contributed by atoms with Crippen molar-refractivity contribution in [2.75, 3.05) is 13.6 Å². The molecule has 2 aromatic rings. The van der Waals surface area contributed by atoms with Crippen molar-refractivity contribution in [1.29, 1.82) is 0 Å². The Morgan fingerprint density at radius 1 is 1.27 bits per heavy atom. The lowest BCUT2D eigenvalue weighted by atomic mass is 10.1. The molecule has 0 bridgehead atoms. The first-order valence-corrected chi connectivity index (χ1v) is 7.67. The number of hydrogen-bond acceptors (Lipinski definition) is 2. The van der Waals surface area contributed by atoms with Crippen molar-refractivity contribution >= 4 is 21.8 Å². The number of nitrogens with zero attached hydrogens (tertiary/aromatic N) is 1. The molecule has 1 N–H and O–H groups in total. The standard InChI is InChI=1S/C17H17BrFNO2/c1-11-9-14(16(21)15(18)10-11)17(22)20(2)8-7-12-3-5-13(19)6-4-12/h3-6,9-10,21H,7-8H2,1-2H3. The molecule has 0 saturated heterocycles.